The summed E-state index contributed by atoms with van der Waals surface area (Å²) in [6.45, 7) is 0.912. The van der Waals surface area contributed by atoms with Crippen molar-refractivity contribution in [2.45, 2.75) is 39.1 Å². The summed E-state index contributed by atoms with van der Waals surface area (Å²) in [6, 6.07) is 36.5. The molecule has 0 spiro atoms. The van der Waals surface area contributed by atoms with Crippen molar-refractivity contribution in [2.75, 3.05) is 64.0 Å². The maximum Gasteiger partial charge on any atom is 0.493 e. The van der Waals surface area contributed by atoms with Crippen molar-refractivity contribution in [1.82, 2.24) is 0 Å². The van der Waals surface area contributed by atoms with Crippen LogP contribution in [0.5, 0.6) is 34.5 Å². The van der Waals surface area contributed by atoms with E-state index in [0.29, 0.717) is 73.6 Å². The lowest BCUT2D eigenvalue weighted by molar-refractivity contribution is 0.283. The first kappa shape index (κ1) is 48.0. The van der Waals surface area contributed by atoms with Gasteiger partial charge in [-0.1, -0.05) is 72.8 Å². The lowest BCUT2D eigenvalue weighted by Gasteiger charge is -2.19. The molecular weight excluding hydrogens is 837 g/mol. The Bertz CT molecular complexity index is 2280. The molecule has 0 saturated carbocycles. The van der Waals surface area contributed by atoms with Gasteiger partial charge >= 0.3 is 21.4 Å². The number of hydrogen-bond donors (Lipinski definition) is 0. The Morgan fingerprint density at radius 3 is 0.788 bits per heavy atom. The van der Waals surface area contributed by atoms with E-state index in [9.17, 15) is 0 Å². The molecule has 0 aliphatic heterocycles. The van der Waals surface area contributed by atoms with Crippen LogP contribution in [0.3, 0.4) is 0 Å². The smallest absolute Gasteiger partial charge is 0.493 e. The Balaban J connectivity index is 1.28. The molecule has 0 unspecified atom stereocenters. The number of fused-ring (bicyclic) bond motifs is 3. The molecule has 0 atom stereocenters. The Morgan fingerprint density at radius 1 is 0.318 bits per heavy atom. The van der Waals surface area contributed by atoms with Crippen LogP contribution in [0, 0.1) is 0 Å². The fraction of sp³-hybridized carbons (Fsp3) is 0.294. The first-order valence-electron chi connectivity index (χ1n) is 21.7. The molecule has 0 fully saturated rings. The lowest BCUT2D eigenvalue weighted by atomic mass is 9.78. The van der Waals surface area contributed by atoms with Crippen LogP contribution >= 0.6 is 0 Å². The van der Waals surface area contributed by atoms with Crippen LogP contribution < -0.4 is 44.8 Å². The topological polar surface area (TPSA) is 111 Å². The molecule has 1 aliphatic rings. The van der Waals surface area contributed by atoms with Gasteiger partial charge in [0.2, 0.25) is 0 Å². The third-order valence-electron chi connectivity index (χ3n) is 11.7. The maximum absolute atomic E-state index is 6.56. The monoisotopic (exact) mass is 894 g/mol. The molecule has 0 radical (unpaired) electrons. The van der Waals surface area contributed by atoms with Crippen molar-refractivity contribution in [3.8, 4) is 34.5 Å². The van der Waals surface area contributed by atoms with Crippen molar-refractivity contribution in [1.29, 1.82) is 0 Å². The van der Waals surface area contributed by atoms with Crippen LogP contribution in [0.15, 0.2) is 109 Å². The number of ether oxygens (including phenoxy) is 6. The molecule has 0 saturated heterocycles. The highest BCUT2D eigenvalue weighted by Gasteiger charge is 2.25. The second-order valence-electron chi connectivity index (χ2n) is 15.9. The van der Waals surface area contributed by atoms with Gasteiger partial charge in [-0.15, -0.1) is 0 Å². The van der Waals surface area contributed by atoms with Gasteiger partial charge in [-0.3, -0.25) is 0 Å². The van der Waals surface area contributed by atoms with Crippen LogP contribution in [0.1, 0.15) is 50.1 Å². The molecule has 0 N–H and O–H groups in total. The molecule has 0 heterocycles. The minimum absolute atomic E-state index is 0.304. The fourth-order valence-corrected chi connectivity index (χ4v) is 8.43. The first-order chi connectivity index (χ1) is 32.2. The minimum Gasteiger partial charge on any atom is -0.493 e. The molecule has 12 nitrogen and oxygen atoms in total. The largest absolute Gasteiger partial charge is 0.493 e. The van der Waals surface area contributed by atoms with Gasteiger partial charge in [0.25, 0.3) is 0 Å². The predicted octanol–water partition coefficient (Wildman–Crippen LogP) is 6.50. The van der Waals surface area contributed by atoms with Gasteiger partial charge in [0.15, 0.2) is 34.5 Å². The van der Waals surface area contributed by atoms with Crippen LogP contribution in [-0.2, 0) is 67.0 Å². The highest BCUT2D eigenvalue weighted by molar-refractivity contribution is 6.62. The molecule has 342 valence electrons. The Hall–Kier alpha value is -5.93. The molecule has 0 bridgehead atoms. The van der Waals surface area contributed by atoms with E-state index in [4.69, 9.17) is 56.3 Å². The second kappa shape index (κ2) is 23.0. The lowest BCUT2D eigenvalue weighted by Crippen LogP contribution is -2.34. The molecule has 0 aromatic heterocycles. The van der Waals surface area contributed by atoms with E-state index in [2.05, 4.69) is 36.4 Å². The summed E-state index contributed by atoms with van der Waals surface area (Å²) in [6.07, 6.45) is 1.77. The SMILES string of the molecule is COB(OC)c1cccc(COc2cc3c(cc2OC)Cc2cc(OCc4cccc(B(OC)OC)c4)c(OC)cc2Cc2cc(OCc4cccc(B(OC)OC)c4)c(OC)cc2C3)c1. The molecule has 0 amide bonds. The second-order valence-corrected chi connectivity index (χ2v) is 15.9. The molecule has 6 aromatic carbocycles. The highest BCUT2D eigenvalue weighted by atomic mass is 16.6. The van der Waals surface area contributed by atoms with Gasteiger partial charge in [-0.05, 0) is 122 Å². The van der Waals surface area contributed by atoms with E-state index >= 15 is 0 Å². The van der Waals surface area contributed by atoms with Crippen molar-refractivity contribution in [2.24, 2.45) is 0 Å². The van der Waals surface area contributed by atoms with E-state index in [1.807, 2.05) is 72.8 Å². The average Bonchev–Trinajstić information content (AvgIpc) is 3.40. The molecule has 1 aliphatic carbocycles. The number of hydrogen-bond acceptors (Lipinski definition) is 12. The zero-order valence-electron chi connectivity index (χ0n) is 39.3. The van der Waals surface area contributed by atoms with Crippen LogP contribution in [0.25, 0.3) is 0 Å². The van der Waals surface area contributed by atoms with Crippen LogP contribution in [0.4, 0.5) is 0 Å². The number of benzene rings is 6. The third kappa shape index (κ3) is 11.4. The summed E-state index contributed by atoms with van der Waals surface area (Å²) in [5.74, 6) is 3.75. The van der Waals surface area contributed by atoms with Crippen molar-refractivity contribution < 1.29 is 56.3 Å². The van der Waals surface area contributed by atoms with Gasteiger partial charge in [-0.2, -0.15) is 0 Å². The van der Waals surface area contributed by atoms with Crippen molar-refractivity contribution in [3.63, 3.8) is 0 Å². The molecule has 7 rings (SSSR count). The normalized spacial score (nSPS) is 11.8. The fourth-order valence-electron chi connectivity index (χ4n) is 8.43. The molecular formula is C51H57B3O12. The number of rotatable bonds is 21. The maximum atomic E-state index is 6.56. The van der Waals surface area contributed by atoms with E-state index < -0.39 is 21.4 Å². The van der Waals surface area contributed by atoms with Crippen LogP contribution in [-0.4, -0.2) is 85.3 Å². The van der Waals surface area contributed by atoms with E-state index in [-0.39, 0.29) is 0 Å². The summed E-state index contributed by atoms with van der Waals surface area (Å²) >= 11 is 0. The standard InChI is InChI=1S/C51H57B3O12/c1-55-46-25-37-22-41-29-50(65-32-35-14-11-17-44(20-35)53(60-6)61-7)48(57-3)27-39(41)24-42-30-51(66-33-36-15-12-18-45(21-36)54(62-8)63-9)47(56-2)26-38(42)23-40(37)28-49(46)64-31-34-13-10-16-43(19-34)52(58-4)59-5/h10-21,25-30H,22-24,31-33H2,1-9H3. The van der Waals surface area contributed by atoms with Gasteiger partial charge in [0.05, 0.1) is 21.3 Å². The van der Waals surface area contributed by atoms with Gasteiger partial charge in [0, 0.05) is 42.7 Å². The van der Waals surface area contributed by atoms with Gasteiger partial charge in [-0.25, -0.2) is 0 Å². The predicted molar refractivity (Wildman–Crippen MR) is 258 cm³/mol. The first-order valence-corrected chi connectivity index (χ1v) is 21.7. The van der Waals surface area contributed by atoms with E-state index in [1.54, 1.807) is 64.0 Å². The summed E-state index contributed by atoms with van der Waals surface area (Å²) in [5.41, 5.74) is 12.0. The Labute approximate surface area is 389 Å². The van der Waals surface area contributed by atoms with E-state index in [1.165, 1.54) is 0 Å². The van der Waals surface area contributed by atoms with Crippen LogP contribution in [0.2, 0.25) is 0 Å². The zero-order valence-corrected chi connectivity index (χ0v) is 39.3. The summed E-state index contributed by atoms with van der Waals surface area (Å²) in [5, 5.41) is 0. The van der Waals surface area contributed by atoms with Gasteiger partial charge in [0.1, 0.15) is 19.8 Å². The Morgan fingerprint density at radius 2 is 0.561 bits per heavy atom. The summed E-state index contributed by atoms with van der Waals surface area (Å²) in [7, 11) is 13.3. The minimum atomic E-state index is -0.483. The van der Waals surface area contributed by atoms with Crippen molar-refractivity contribution >= 4 is 37.7 Å². The summed E-state index contributed by atoms with van der Waals surface area (Å²) in [4.78, 5) is 0. The van der Waals surface area contributed by atoms with Gasteiger partial charge < -0.3 is 56.3 Å². The molecule has 15 heteroatoms. The summed E-state index contributed by atoms with van der Waals surface area (Å²) < 4.78 is 70.8. The highest BCUT2D eigenvalue weighted by Crippen LogP contribution is 2.41. The zero-order chi connectivity index (χ0) is 46.6. The molecule has 6 aromatic rings. The van der Waals surface area contributed by atoms with E-state index in [0.717, 1.165) is 66.5 Å². The average molecular weight is 894 g/mol. The quantitative estimate of drug-likeness (QED) is 0.0736. The third-order valence-corrected chi connectivity index (χ3v) is 11.7. The Kier molecular flexibility index (Phi) is 16.7. The molecule has 66 heavy (non-hydrogen) atoms. The van der Waals surface area contributed by atoms with Crippen molar-refractivity contribution in [3.05, 3.63) is 159 Å². The number of methoxy groups -OCH3 is 3.